The molecule has 2 heterocycles. The van der Waals surface area contributed by atoms with Gasteiger partial charge in [0, 0.05) is 18.0 Å². The summed E-state index contributed by atoms with van der Waals surface area (Å²) in [6.45, 7) is 7.07. The molecule has 126 valence electrons. The lowest BCUT2D eigenvalue weighted by atomic mass is 10.2. The minimum Gasteiger partial charge on any atom is -0.420 e. The molecule has 0 atom stereocenters. The number of hydrogen-bond acceptors (Lipinski definition) is 6. The largest absolute Gasteiger partial charge is 0.420 e. The van der Waals surface area contributed by atoms with Crippen molar-refractivity contribution in [3.8, 4) is 11.5 Å². The van der Waals surface area contributed by atoms with E-state index in [1.54, 1.807) is 12.1 Å². The van der Waals surface area contributed by atoms with Crippen molar-refractivity contribution >= 4 is 11.8 Å². The van der Waals surface area contributed by atoms with Crippen molar-refractivity contribution in [2.45, 2.75) is 44.1 Å². The summed E-state index contributed by atoms with van der Waals surface area (Å²) in [5, 5.41) is 17.4. The molecule has 0 bridgehead atoms. The first kappa shape index (κ1) is 16.6. The van der Waals surface area contributed by atoms with Crippen LogP contribution >= 0.6 is 11.8 Å². The quantitative estimate of drug-likeness (QED) is 0.630. The molecule has 1 aromatic carbocycles. The van der Waals surface area contributed by atoms with Crippen molar-refractivity contribution in [2.24, 2.45) is 0 Å². The Hall–Kier alpha value is -2.22. The third-order valence-electron chi connectivity index (χ3n) is 3.46. The highest BCUT2D eigenvalue weighted by molar-refractivity contribution is 7.98. The van der Waals surface area contributed by atoms with Crippen LogP contribution in [-0.2, 0) is 12.3 Å². The first-order valence-electron chi connectivity index (χ1n) is 7.72. The smallest absolute Gasteiger partial charge is 0.247 e. The van der Waals surface area contributed by atoms with E-state index >= 15 is 0 Å². The molecule has 0 saturated heterocycles. The normalized spacial score (nSPS) is 11.4. The highest BCUT2D eigenvalue weighted by Crippen LogP contribution is 2.25. The average molecular weight is 347 g/mol. The maximum Gasteiger partial charge on any atom is 0.247 e. The summed E-state index contributed by atoms with van der Waals surface area (Å²) in [5.74, 6) is 2.37. The van der Waals surface area contributed by atoms with E-state index in [9.17, 15) is 4.39 Å². The first-order chi connectivity index (χ1) is 11.6. The van der Waals surface area contributed by atoms with Gasteiger partial charge in [-0.25, -0.2) is 4.39 Å². The van der Waals surface area contributed by atoms with Gasteiger partial charge in [-0.1, -0.05) is 25.6 Å². The van der Waals surface area contributed by atoms with E-state index in [1.807, 2.05) is 0 Å². The summed E-state index contributed by atoms with van der Waals surface area (Å²) < 4.78 is 20.7. The summed E-state index contributed by atoms with van der Waals surface area (Å²) in [4.78, 5) is 0. The maximum absolute atomic E-state index is 13.0. The average Bonchev–Trinajstić information content (AvgIpc) is 3.20. The Balaban J connectivity index is 1.71. The van der Waals surface area contributed by atoms with Crippen LogP contribution in [0.2, 0.25) is 0 Å². The molecular formula is C16H18FN5OS. The van der Waals surface area contributed by atoms with E-state index in [0.717, 1.165) is 17.5 Å². The Kier molecular flexibility index (Phi) is 4.94. The van der Waals surface area contributed by atoms with E-state index in [4.69, 9.17) is 4.42 Å². The number of rotatable bonds is 6. The number of aromatic nitrogens is 5. The molecule has 6 nitrogen and oxygen atoms in total. The molecule has 0 unspecified atom stereocenters. The lowest BCUT2D eigenvalue weighted by Crippen LogP contribution is -2.04. The SMILES string of the molecule is CCn1c(SCc2nnc(-c3ccc(F)cc3)o2)nnc1C(C)C. The van der Waals surface area contributed by atoms with Crippen molar-refractivity contribution in [1.82, 2.24) is 25.0 Å². The predicted octanol–water partition coefficient (Wildman–Crippen LogP) is 3.90. The molecule has 24 heavy (non-hydrogen) atoms. The van der Waals surface area contributed by atoms with Crippen LogP contribution in [0.25, 0.3) is 11.5 Å². The maximum atomic E-state index is 13.0. The third kappa shape index (κ3) is 3.48. The van der Waals surface area contributed by atoms with Crippen LogP contribution in [0.3, 0.4) is 0 Å². The second kappa shape index (κ2) is 7.12. The number of halogens is 1. The van der Waals surface area contributed by atoms with Gasteiger partial charge in [0.25, 0.3) is 0 Å². The molecule has 3 rings (SSSR count). The molecule has 2 aromatic heterocycles. The van der Waals surface area contributed by atoms with Crippen LogP contribution in [-0.4, -0.2) is 25.0 Å². The second-order valence-electron chi connectivity index (χ2n) is 5.54. The van der Waals surface area contributed by atoms with Gasteiger partial charge in [-0.2, -0.15) is 0 Å². The van der Waals surface area contributed by atoms with Crippen LogP contribution in [0.5, 0.6) is 0 Å². The van der Waals surface area contributed by atoms with Crippen molar-refractivity contribution in [3.63, 3.8) is 0 Å². The van der Waals surface area contributed by atoms with Gasteiger partial charge in [-0.3, -0.25) is 0 Å². The van der Waals surface area contributed by atoms with Gasteiger partial charge in [-0.05, 0) is 31.2 Å². The van der Waals surface area contributed by atoms with Crippen LogP contribution in [0, 0.1) is 5.82 Å². The topological polar surface area (TPSA) is 69.6 Å². The molecule has 0 radical (unpaired) electrons. The van der Waals surface area contributed by atoms with Crippen LogP contribution < -0.4 is 0 Å². The molecular weight excluding hydrogens is 329 g/mol. The highest BCUT2D eigenvalue weighted by Gasteiger charge is 2.16. The summed E-state index contributed by atoms with van der Waals surface area (Å²) in [5.41, 5.74) is 0.693. The molecule has 8 heteroatoms. The summed E-state index contributed by atoms with van der Waals surface area (Å²) in [6, 6.07) is 5.96. The molecule has 0 aliphatic heterocycles. The van der Waals surface area contributed by atoms with Gasteiger partial charge >= 0.3 is 0 Å². The lowest BCUT2D eigenvalue weighted by molar-refractivity contribution is 0.527. The molecule has 0 spiro atoms. The third-order valence-corrected chi connectivity index (χ3v) is 4.41. The van der Waals surface area contributed by atoms with Crippen molar-refractivity contribution < 1.29 is 8.81 Å². The zero-order chi connectivity index (χ0) is 17.1. The van der Waals surface area contributed by atoms with Gasteiger partial charge in [0.1, 0.15) is 11.6 Å². The van der Waals surface area contributed by atoms with E-state index in [1.165, 1.54) is 23.9 Å². The van der Waals surface area contributed by atoms with Gasteiger partial charge in [0.2, 0.25) is 11.8 Å². The molecule has 0 N–H and O–H groups in total. The molecule has 0 aliphatic rings. The second-order valence-corrected chi connectivity index (χ2v) is 6.48. The van der Waals surface area contributed by atoms with Crippen molar-refractivity contribution in [3.05, 3.63) is 41.8 Å². The lowest BCUT2D eigenvalue weighted by Gasteiger charge is -2.08. The number of nitrogens with zero attached hydrogens (tertiary/aromatic N) is 5. The molecule has 3 aromatic rings. The Morgan fingerprint density at radius 3 is 2.54 bits per heavy atom. The van der Waals surface area contributed by atoms with E-state index in [2.05, 4.69) is 45.7 Å². The summed E-state index contributed by atoms with van der Waals surface area (Å²) in [6.07, 6.45) is 0. The number of thioether (sulfide) groups is 1. The zero-order valence-corrected chi connectivity index (χ0v) is 14.5. The first-order valence-corrected chi connectivity index (χ1v) is 8.71. The Bertz CT molecular complexity index is 812. The van der Waals surface area contributed by atoms with Gasteiger partial charge in [0.15, 0.2) is 5.16 Å². The summed E-state index contributed by atoms with van der Waals surface area (Å²) in [7, 11) is 0. The van der Waals surface area contributed by atoms with Crippen molar-refractivity contribution in [2.75, 3.05) is 0 Å². The Labute approximate surface area is 143 Å². The van der Waals surface area contributed by atoms with Crippen LogP contribution in [0.15, 0.2) is 33.8 Å². The van der Waals surface area contributed by atoms with E-state index in [-0.39, 0.29) is 5.82 Å². The molecule has 0 saturated carbocycles. The number of benzene rings is 1. The molecule has 0 aliphatic carbocycles. The molecule has 0 fully saturated rings. The zero-order valence-electron chi connectivity index (χ0n) is 13.7. The predicted molar refractivity (Wildman–Crippen MR) is 89.0 cm³/mol. The van der Waals surface area contributed by atoms with Crippen LogP contribution in [0.4, 0.5) is 4.39 Å². The Morgan fingerprint density at radius 1 is 1.12 bits per heavy atom. The fourth-order valence-electron chi connectivity index (χ4n) is 2.28. The van der Waals surface area contributed by atoms with E-state index in [0.29, 0.717) is 29.0 Å². The highest BCUT2D eigenvalue weighted by atomic mass is 32.2. The molecule has 0 amide bonds. The van der Waals surface area contributed by atoms with Gasteiger partial charge in [0.05, 0.1) is 5.75 Å². The standard InChI is InChI=1S/C16H18FN5OS/c1-4-22-14(10(2)3)19-21-16(22)24-9-13-18-20-15(23-13)11-5-7-12(17)8-6-11/h5-8,10H,4,9H2,1-3H3. The Morgan fingerprint density at radius 2 is 1.88 bits per heavy atom. The monoisotopic (exact) mass is 347 g/mol. The number of hydrogen-bond donors (Lipinski definition) is 0. The fourth-order valence-corrected chi connectivity index (χ4v) is 3.12. The minimum absolute atomic E-state index is 0.297. The fraction of sp³-hybridized carbons (Fsp3) is 0.375. The van der Waals surface area contributed by atoms with Crippen LogP contribution in [0.1, 0.15) is 38.4 Å². The van der Waals surface area contributed by atoms with E-state index < -0.39 is 0 Å². The summed E-state index contributed by atoms with van der Waals surface area (Å²) >= 11 is 1.51. The van der Waals surface area contributed by atoms with Gasteiger partial charge < -0.3 is 8.98 Å². The van der Waals surface area contributed by atoms with Crippen molar-refractivity contribution in [1.29, 1.82) is 0 Å². The minimum atomic E-state index is -0.297. The van der Waals surface area contributed by atoms with Gasteiger partial charge in [-0.15, -0.1) is 20.4 Å².